The van der Waals surface area contributed by atoms with Crippen molar-refractivity contribution in [3.8, 4) is 11.5 Å². The van der Waals surface area contributed by atoms with Gasteiger partial charge in [0.15, 0.2) is 11.5 Å². The highest BCUT2D eigenvalue weighted by molar-refractivity contribution is 6.39. The first-order valence-corrected chi connectivity index (χ1v) is 7.95. The van der Waals surface area contributed by atoms with Gasteiger partial charge in [0.2, 0.25) is 0 Å². The number of nitrogens with zero attached hydrogens (tertiary/aromatic N) is 1. The minimum absolute atomic E-state index is 0.467. The molecule has 0 aliphatic heterocycles. The van der Waals surface area contributed by atoms with Crippen molar-refractivity contribution in [2.24, 2.45) is 5.10 Å². The van der Waals surface area contributed by atoms with E-state index in [-0.39, 0.29) is 0 Å². The van der Waals surface area contributed by atoms with Gasteiger partial charge in [0.1, 0.15) is 0 Å². The molecule has 2 rings (SSSR count). The lowest BCUT2D eigenvalue weighted by atomic mass is 10.2. The molecule has 7 nitrogen and oxygen atoms in total. The van der Waals surface area contributed by atoms with Gasteiger partial charge < -0.3 is 14.8 Å². The SMILES string of the molecule is COc1cccc(/C=N/NC(=O)C(=O)Nc2ccc(Cl)cc2C)c1OC. The Morgan fingerprint density at radius 3 is 2.54 bits per heavy atom. The van der Waals surface area contributed by atoms with Crippen molar-refractivity contribution in [2.45, 2.75) is 6.92 Å². The highest BCUT2D eigenvalue weighted by Crippen LogP contribution is 2.29. The highest BCUT2D eigenvalue weighted by atomic mass is 35.5. The van der Waals surface area contributed by atoms with Gasteiger partial charge in [-0.15, -0.1) is 0 Å². The van der Waals surface area contributed by atoms with E-state index >= 15 is 0 Å². The molecule has 0 fully saturated rings. The summed E-state index contributed by atoms with van der Waals surface area (Å²) >= 11 is 5.86. The number of rotatable bonds is 5. The number of para-hydroxylation sites is 1. The Kier molecular flexibility index (Phi) is 6.57. The Morgan fingerprint density at radius 1 is 1.12 bits per heavy atom. The van der Waals surface area contributed by atoms with Gasteiger partial charge in [-0.1, -0.05) is 17.7 Å². The van der Waals surface area contributed by atoms with E-state index in [4.69, 9.17) is 21.1 Å². The molecule has 2 aromatic carbocycles. The zero-order valence-corrected chi connectivity index (χ0v) is 15.3. The molecule has 26 heavy (non-hydrogen) atoms. The molecule has 0 spiro atoms. The van der Waals surface area contributed by atoms with E-state index in [1.165, 1.54) is 20.4 Å². The number of ether oxygens (including phenoxy) is 2. The Labute approximate surface area is 155 Å². The number of hydrogen-bond acceptors (Lipinski definition) is 5. The summed E-state index contributed by atoms with van der Waals surface area (Å²) in [5.41, 5.74) is 3.98. The molecule has 0 heterocycles. The van der Waals surface area contributed by atoms with Crippen LogP contribution in [0.3, 0.4) is 0 Å². The molecule has 2 aromatic rings. The third-order valence-electron chi connectivity index (χ3n) is 3.45. The third-order valence-corrected chi connectivity index (χ3v) is 3.68. The number of carbonyl (C=O) groups excluding carboxylic acids is 2. The summed E-state index contributed by atoms with van der Waals surface area (Å²) in [7, 11) is 3.01. The van der Waals surface area contributed by atoms with Crippen LogP contribution in [-0.4, -0.2) is 32.2 Å². The molecule has 0 aliphatic rings. The van der Waals surface area contributed by atoms with Crippen molar-refractivity contribution in [3.63, 3.8) is 0 Å². The zero-order valence-electron chi connectivity index (χ0n) is 14.5. The Morgan fingerprint density at radius 2 is 1.88 bits per heavy atom. The lowest BCUT2D eigenvalue weighted by Crippen LogP contribution is -2.32. The van der Waals surface area contributed by atoms with Crippen LogP contribution in [-0.2, 0) is 9.59 Å². The number of anilines is 1. The van der Waals surface area contributed by atoms with Gasteiger partial charge in [-0.25, -0.2) is 5.43 Å². The summed E-state index contributed by atoms with van der Waals surface area (Å²) in [6, 6.07) is 10.1. The quantitative estimate of drug-likeness (QED) is 0.477. The first-order chi connectivity index (χ1) is 12.5. The standard InChI is InChI=1S/C18H18ClN3O4/c1-11-9-13(19)7-8-14(11)21-17(23)18(24)22-20-10-12-5-4-6-15(25-2)16(12)26-3/h4-10H,1-3H3,(H,21,23)(H,22,24)/b20-10+. The van der Waals surface area contributed by atoms with Gasteiger partial charge in [-0.2, -0.15) is 5.10 Å². The maximum absolute atomic E-state index is 11.9. The average molecular weight is 376 g/mol. The van der Waals surface area contributed by atoms with Gasteiger partial charge in [-0.05, 0) is 42.8 Å². The topological polar surface area (TPSA) is 89.0 Å². The van der Waals surface area contributed by atoms with Crippen LogP contribution in [0.2, 0.25) is 5.02 Å². The third kappa shape index (κ3) is 4.73. The van der Waals surface area contributed by atoms with Crippen molar-refractivity contribution >= 4 is 35.3 Å². The van der Waals surface area contributed by atoms with E-state index < -0.39 is 11.8 Å². The van der Waals surface area contributed by atoms with Crippen LogP contribution >= 0.6 is 11.6 Å². The molecular weight excluding hydrogens is 358 g/mol. The first kappa shape index (κ1) is 19.3. The lowest BCUT2D eigenvalue weighted by molar-refractivity contribution is -0.136. The van der Waals surface area contributed by atoms with E-state index in [1.807, 2.05) is 0 Å². The molecule has 2 N–H and O–H groups in total. The minimum atomic E-state index is -0.905. The molecule has 0 aromatic heterocycles. The fourth-order valence-electron chi connectivity index (χ4n) is 2.17. The number of carbonyl (C=O) groups is 2. The smallest absolute Gasteiger partial charge is 0.329 e. The Balaban J connectivity index is 2.02. The maximum Gasteiger partial charge on any atom is 0.329 e. The second-order valence-electron chi connectivity index (χ2n) is 5.20. The number of hydrogen-bond donors (Lipinski definition) is 2. The lowest BCUT2D eigenvalue weighted by Gasteiger charge is -2.09. The number of benzene rings is 2. The van der Waals surface area contributed by atoms with Gasteiger partial charge in [0, 0.05) is 16.3 Å². The van der Waals surface area contributed by atoms with E-state index in [0.717, 1.165) is 5.56 Å². The van der Waals surface area contributed by atoms with E-state index in [1.54, 1.807) is 43.3 Å². The zero-order chi connectivity index (χ0) is 19.1. The monoisotopic (exact) mass is 375 g/mol. The van der Waals surface area contributed by atoms with Crippen LogP contribution in [0.15, 0.2) is 41.5 Å². The van der Waals surface area contributed by atoms with Crippen LogP contribution in [0.5, 0.6) is 11.5 Å². The van der Waals surface area contributed by atoms with Crippen molar-refractivity contribution in [1.82, 2.24) is 5.43 Å². The first-order valence-electron chi connectivity index (χ1n) is 7.57. The second-order valence-corrected chi connectivity index (χ2v) is 5.63. The van der Waals surface area contributed by atoms with Gasteiger partial charge in [0.05, 0.1) is 20.4 Å². The summed E-state index contributed by atoms with van der Waals surface area (Å²) in [6.45, 7) is 1.77. The fourth-order valence-corrected chi connectivity index (χ4v) is 2.40. The predicted molar refractivity (Wildman–Crippen MR) is 100 cm³/mol. The molecule has 8 heteroatoms. The largest absolute Gasteiger partial charge is 0.493 e. The highest BCUT2D eigenvalue weighted by Gasteiger charge is 2.14. The summed E-state index contributed by atoms with van der Waals surface area (Å²) in [5, 5.41) is 6.82. The average Bonchev–Trinajstić information content (AvgIpc) is 2.63. The summed E-state index contributed by atoms with van der Waals surface area (Å²) in [6.07, 6.45) is 1.36. The molecule has 136 valence electrons. The predicted octanol–water partition coefficient (Wildman–Crippen LogP) is 2.75. The molecule has 0 unspecified atom stereocenters. The van der Waals surface area contributed by atoms with Crippen molar-refractivity contribution in [2.75, 3.05) is 19.5 Å². The number of hydrazone groups is 1. The number of halogens is 1. The Bertz CT molecular complexity index is 852. The minimum Gasteiger partial charge on any atom is -0.493 e. The van der Waals surface area contributed by atoms with E-state index in [9.17, 15) is 9.59 Å². The van der Waals surface area contributed by atoms with E-state index in [2.05, 4.69) is 15.8 Å². The molecular formula is C18H18ClN3O4. The van der Waals surface area contributed by atoms with Crippen LogP contribution in [0.4, 0.5) is 5.69 Å². The number of aryl methyl sites for hydroxylation is 1. The number of nitrogens with one attached hydrogen (secondary N) is 2. The summed E-state index contributed by atoms with van der Waals surface area (Å²) in [4.78, 5) is 23.8. The molecule has 0 radical (unpaired) electrons. The van der Waals surface area contributed by atoms with E-state index in [0.29, 0.717) is 27.8 Å². The molecule has 0 saturated heterocycles. The molecule has 0 bridgehead atoms. The molecule has 0 atom stereocenters. The van der Waals surface area contributed by atoms with Gasteiger partial charge >= 0.3 is 11.8 Å². The van der Waals surface area contributed by atoms with Gasteiger partial charge in [-0.3, -0.25) is 9.59 Å². The van der Waals surface area contributed by atoms with Crippen LogP contribution in [0, 0.1) is 6.92 Å². The second kappa shape index (κ2) is 8.87. The van der Waals surface area contributed by atoms with Crippen molar-refractivity contribution in [3.05, 3.63) is 52.5 Å². The van der Waals surface area contributed by atoms with Crippen LogP contribution in [0.1, 0.15) is 11.1 Å². The molecule has 0 aliphatic carbocycles. The summed E-state index contributed by atoms with van der Waals surface area (Å²) in [5.74, 6) is -0.754. The summed E-state index contributed by atoms with van der Waals surface area (Å²) < 4.78 is 10.4. The Hall–Kier alpha value is -3.06. The van der Waals surface area contributed by atoms with Crippen LogP contribution < -0.4 is 20.2 Å². The van der Waals surface area contributed by atoms with Crippen molar-refractivity contribution in [1.29, 1.82) is 0 Å². The maximum atomic E-state index is 11.9. The molecule has 0 saturated carbocycles. The van der Waals surface area contributed by atoms with Gasteiger partial charge in [0.25, 0.3) is 0 Å². The normalized spacial score (nSPS) is 10.5. The number of methoxy groups -OCH3 is 2. The van der Waals surface area contributed by atoms with Crippen LogP contribution in [0.25, 0.3) is 0 Å². The fraction of sp³-hybridized carbons (Fsp3) is 0.167. The molecule has 2 amide bonds. The number of amides is 2. The van der Waals surface area contributed by atoms with Crippen molar-refractivity contribution < 1.29 is 19.1 Å².